The van der Waals surface area contributed by atoms with Crippen LogP contribution in [0.2, 0.25) is 5.02 Å². The van der Waals surface area contributed by atoms with E-state index in [9.17, 15) is 4.79 Å². The molecule has 3 rings (SSSR count). The Kier molecular flexibility index (Phi) is 4.44. The second-order valence-corrected chi connectivity index (χ2v) is 6.02. The number of ether oxygens (including phenoxy) is 2. The van der Waals surface area contributed by atoms with Gasteiger partial charge < -0.3 is 14.4 Å². The highest BCUT2D eigenvalue weighted by Crippen LogP contribution is 2.25. The van der Waals surface area contributed by atoms with Crippen LogP contribution in [-0.4, -0.2) is 37.1 Å². The van der Waals surface area contributed by atoms with Crippen LogP contribution in [-0.2, 0) is 0 Å². The van der Waals surface area contributed by atoms with Crippen molar-refractivity contribution in [2.75, 3.05) is 20.2 Å². The first-order valence-corrected chi connectivity index (χ1v) is 7.81. The molecule has 0 atom stereocenters. The van der Waals surface area contributed by atoms with Crippen LogP contribution in [0.4, 0.5) is 0 Å². The van der Waals surface area contributed by atoms with E-state index in [-0.39, 0.29) is 12.0 Å². The lowest BCUT2D eigenvalue weighted by Gasteiger charge is -2.39. The molecule has 2 aromatic carbocycles. The van der Waals surface area contributed by atoms with Crippen molar-refractivity contribution in [2.45, 2.75) is 13.0 Å². The van der Waals surface area contributed by atoms with Gasteiger partial charge in [0, 0.05) is 6.07 Å². The molecular formula is C18H18ClNO3. The number of hydrogen-bond acceptors (Lipinski definition) is 3. The third-order valence-corrected chi connectivity index (χ3v) is 4.16. The molecule has 2 aromatic rings. The van der Waals surface area contributed by atoms with Gasteiger partial charge in [-0.25, -0.2) is 0 Å². The average Bonchev–Trinajstić information content (AvgIpc) is 2.52. The summed E-state index contributed by atoms with van der Waals surface area (Å²) < 4.78 is 11.0. The zero-order valence-electron chi connectivity index (χ0n) is 13.1. The van der Waals surface area contributed by atoms with Crippen molar-refractivity contribution >= 4 is 17.5 Å². The number of hydrogen-bond donors (Lipinski definition) is 0. The number of amides is 1. The average molecular weight is 332 g/mol. The van der Waals surface area contributed by atoms with Gasteiger partial charge in [0.25, 0.3) is 5.91 Å². The van der Waals surface area contributed by atoms with Crippen LogP contribution in [0.3, 0.4) is 0 Å². The van der Waals surface area contributed by atoms with Crippen LogP contribution < -0.4 is 9.47 Å². The molecule has 0 aliphatic carbocycles. The van der Waals surface area contributed by atoms with Gasteiger partial charge in [-0.15, -0.1) is 0 Å². The number of carbonyl (C=O) groups is 1. The quantitative estimate of drug-likeness (QED) is 0.860. The van der Waals surface area contributed by atoms with E-state index in [1.54, 1.807) is 18.1 Å². The summed E-state index contributed by atoms with van der Waals surface area (Å²) in [5, 5.41) is 0.484. The predicted octanol–water partition coefficient (Wildman–Crippen LogP) is 3.56. The van der Waals surface area contributed by atoms with Gasteiger partial charge in [0.1, 0.15) is 17.6 Å². The van der Waals surface area contributed by atoms with E-state index in [0.717, 1.165) is 17.1 Å². The van der Waals surface area contributed by atoms with Gasteiger partial charge in [0.05, 0.1) is 30.8 Å². The second kappa shape index (κ2) is 6.50. The summed E-state index contributed by atoms with van der Waals surface area (Å²) in [6, 6.07) is 12.9. The molecule has 5 heteroatoms. The Morgan fingerprint density at radius 1 is 1.17 bits per heavy atom. The van der Waals surface area contributed by atoms with E-state index in [1.165, 1.54) is 0 Å². The lowest BCUT2D eigenvalue weighted by atomic mass is 10.1. The molecule has 0 spiro atoms. The Bertz CT molecular complexity index is 726. The van der Waals surface area contributed by atoms with Gasteiger partial charge in [-0.3, -0.25) is 4.79 Å². The largest absolute Gasteiger partial charge is 0.497 e. The highest BCUT2D eigenvalue weighted by Gasteiger charge is 2.33. The smallest absolute Gasteiger partial charge is 0.255 e. The van der Waals surface area contributed by atoms with Gasteiger partial charge in [-0.2, -0.15) is 0 Å². The maximum atomic E-state index is 12.5. The minimum Gasteiger partial charge on any atom is -0.497 e. The second-order valence-electron chi connectivity index (χ2n) is 5.61. The molecule has 0 radical (unpaired) electrons. The van der Waals surface area contributed by atoms with E-state index in [2.05, 4.69) is 0 Å². The molecule has 1 fully saturated rings. The first kappa shape index (κ1) is 15.7. The Morgan fingerprint density at radius 2 is 1.91 bits per heavy atom. The van der Waals surface area contributed by atoms with Gasteiger partial charge in [0.2, 0.25) is 0 Å². The lowest BCUT2D eigenvalue weighted by molar-refractivity contribution is 0.0177. The monoisotopic (exact) mass is 331 g/mol. The van der Waals surface area contributed by atoms with Crippen molar-refractivity contribution in [3.63, 3.8) is 0 Å². The topological polar surface area (TPSA) is 38.8 Å². The summed E-state index contributed by atoms with van der Waals surface area (Å²) in [6.07, 6.45) is -0.00496. The molecule has 1 heterocycles. The third-order valence-electron chi connectivity index (χ3n) is 3.83. The molecule has 1 amide bonds. The molecule has 1 aliphatic rings. The summed E-state index contributed by atoms with van der Waals surface area (Å²) in [5.41, 5.74) is 1.56. The van der Waals surface area contributed by atoms with Crippen LogP contribution in [0.15, 0.2) is 42.5 Å². The van der Waals surface area contributed by atoms with E-state index in [1.807, 2.05) is 43.3 Å². The molecule has 23 heavy (non-hydrogen) atoms. The van der Waals surface area contributed by atoms with E-state index in [4.69, 9.17) is 21.1 Å². The highest BCUT2D eigenvalue weighted by molar-refractivity contribution is 6.33. The van der Waals surface area contributed by atoms with Crippen LogP contribution in [0.1, 0.15) is 15.9 Å². The molecule has 0 unspecified atom stereocenters. The van der Waals surface area contributed by atoms with Crippen LogP contribution in [0, 0.1) is 6.92 Å². The maximum absolute atomic E-state index is 12.5. The Morgan fingerprint density at radius 3 is 2.65 bits per heavy atom. The number of carbonyl (C=O) groups excluding carboxylic acids is 1. The van der Waals surface area contributed by atoms with Crippen molar-refractivity contribution in [3.05, 3.63) is 58.6 Å². The fourth-order valence-electron chi connectivity index (χ4n) is 2.52. The molecule has 4 nitrogen and oxygen atoms in total. The molecule has 0 saturated carbocycles. The fraction of sp³-hybridized carbons (Fsp3) is 0.278. The SMILES string of the molecule is COc1cccc(OC2CN(C(=O)c3cc(C)ccc3Cl)C2)c1. The Balaban J connectivity index is 1.60. The Hall–Kier alpha value is -2.20. The van der Waals surface area contributed by atoms with Crippen LogP contribution >= 0.6 is 11.6 Å². The number of aryl methyl sites for hydroxylation is 1. The van der Waals surface area contributed by atoms with Crippen LogP contribution in [0.5, 0.6) is 11.5 Å². The summed E-state index contributed by atoms with van der Waals surface area (Å²) in [5.74, 6) is 1.44. The van der Waals surface area contributed by atoms with E-state index >= 15 is 0 Å². The van der Waals surface area contributed by atoms with Crippen molar-refractivity contribution in [1.29, 1.82) is 0 Å². The molecule has 1 aliphatic heterocycles. The molecule has 1 saturated heterocycles. The number of benzene rings is 2. The molecule has 0 aromatic heterocycles. The molecule has 120 valence electrons. The number of likely N-dealkylation sites (tertiary alicyclic amines) is 1. The van der Waals surface area contributed by atoms with E-state index in [0.29, 0.717) is 23.7 Å². The number of nitrogens with zero attached hydrogens (tertiary/aromatic N) is 1. The standard InChI is InChI=1S/C18H18ClNO3/c1-12-6-7-17(19)16(8-12)18(21)20-10-15(11-20)23-14-5-3-4-13(9-14)22-2/h3-9,15H,10-11H2,1-2H3. The van der Waals surface area contributed by atoms with Crippen molar-refractivity contribution < 1.29 is 14.3 Å². The minimum atomic E-state index is -0.0517. The van der Waals surface area contributed by atoms with Gasteiger partial charge in [-0.05, 0) is 31.2 Å². The maximum Gasteiger partial charge on any atom is 0.255 e. The molecule has 0 N–H and O–H groups in total. The van der Waals surface area contributed by atoms with Gasteiger partial charge in [0.15, 0.2) is 0 Å². The van der Waals surface area contributed by atoms with Gasteiger partial charge in [-0.1, -0.05) is 29.3 Å². The fourth-order valence-corrected chi connectivity index (χ4v) is 2.72. The summed E-state index contributed by atoms with van der Waals surface area (Å²) in [6.45, 7) is 3.05. The van der Waals surface area contributed by atoms with Crippen molar-refractivity contribution in [3.8, 4) is 11.5 Å². The third kappa shape index (κ3) is 3.42. The molecule has 0 bridgehead atoms. The summed E-state index contributed by atoms with van der Waals surface area (Å²) in [4.78, 5) is 14.2. The minimum absolute atomic E-state index is 0.00496. The number of rotatable bonds is 4. The van der Waals surface area contributed by atoms with E-state index < -0.39 is 0 Å². The lowest BCUT2D eigenvalue weighted by Crippen LogP contribution is -2.56. The number of halogens is 1. The summed E-state index contributed by atoms with van der Waals surface area (Å²) >= 11 is 6.12. The van der Waals surface area contributed by atoms with Crippen molar-refractivity contribution in [2.24, 2.45) is 0 Å². The Labute approximate surface area is 140 Å². The zero-order valence-corrected chi connectivity index (χ0v) is 13.8. The normalized spacial score (nSPS) is 14.3. The van der Waals surface area contributed by atoms with Crippen molar-refractivity contribution in [1.82, 2.24) is 4.90 Å². The first-order chi connectivity index (χ1) is 11.1. The zero-order chi connectivity index (χ0) is 16.4. The predicted molar refractivity (Wildman–Crippen MR) is 89.5 cm³/mol. The first-order valence-electron chi connectivity index (χ1n) is 7.43. The molecular weight excluding hydrogens is 314 g/mol. The van der Waals surface area contributed by atoms with Crippen LogP contribution in [0.25, 0.3) is 0 Å². The number of methoxy groups -OCH3 is 1. The van der Waals surface area contributed by atoms with Gasteiger partial charge >= 0.3 is 0 Å². The highest BCUT2D eigenvalue weighted by atomic mass is 35.5. The summed E-state index contributed by atoms with van der Waals surface area (Å²) in [7, 11) is 1.62.